The highest BCUT2D eigenvalue weighted by Crippen LogP contribution is 2.13. The molecule has 0 aromatic heterocycles. The Balaban J connectivity index is 2.23. The molecule has 0 unspecified atom stereocenters. The summed E-state index contributed by atoms with van der Waals surface area (Å²) in [5.41, 5.74) is 3.24. The van der Waals surface area contributed by atoms with E-state index in [1.54, 1.807) is 0 Å². The highest BCUT2D eigenvalue weighted by atomic mass is 16.1. The molecule has 2 N–H and O–H groups in total. The monoisotopic (exact) mass is 262 g/mol. The summed E-state index contributed by atoms with van der Waals surface area (Å²) in [6, 6.07) is 6.10. The highest BCUT2D eigenvalue weighted by molar-refractivity contribution is 5.91. The standard InChI is InChI=1S/C16H26N2O/c1-4-5-6-8-17-9-7-16(19)18-15-11-13(2)10-14(3)12-15/h10-12,17H,4-9H2,1-3H3,(H,18,19). The summed E-state index contributed by atoms with van der Waals surface area (Å²) in [7, 11) is 0. The Kier molecular flexibility index (Phi) is 7.19. The maximum absolute atomic E-state index is 11.8. The van der Waals surface area contributed by atoms with E-state index in [1.165, 1.54) is 30.4 Å². The maximum atomic E-state index is 11.8. The van der Waals surface area contributed by atoms with Crippen LogP contribution in [0.25, 0.3) is 0 Å². The lowest BCUT2D eigenvalue weighted by Gasteiger charge is -2.08. The molecule has 0 aliphatic rings. The Labute approximate surface area is 116 Å². The second-order valence-electron chi connectivity index (χ2n) is 5.13. The van der Waals surface area contributed by atoms with Crippen molar-refractivity contribution in [3.63, 3.8) is 0 Å². The van der Waals surface area contributed by atoms with Crippen LogP contribution < -0.4 is 10.6 Å². The van der Waals surface area contributed by atoms with Crippen LogP contribution in [0.2, 0.25) is 0 Å². The Bertz CT molecular complexity index is 381. The van der Waals surface area contributed by atoms with Crippen LogP contribution in [0.1, 0.15) is 43.7 Å². The number of aryl methyl sites for hydroxylation is 2. The van der Waals surface area contributed by atoms with Crippen molar-refractivity contribution in [2.45, 2.75) is 46.5 Å². The summed E-state index contributed by atoms with van der Waals surface area (Å²) in [4.78, 5) is 11.8. The summed E-state index contributed by atoms with van der Waals surface area (Å²) in [6.45, 7) is 8.03. The van der Waals surface area contributed by atoms with Crippen molar-refractivity contribution in [3.05, 3.63) is 29.3 Å². The van der Waals surface area contributed by atoms with Crippen molar-refractivity contribution in [2.75, 3.05) is 18.4 Å². The van der Waals surface area contributed by atoms with Crippen molar-refractivity contribution in [1.29, 1.82) is 0 Å². The minimum Gasteiger partial charge on any atom is -0.326 e. The summed E-state index contributed by atoms with van der Waals surface area (Å²) < 4.78 is 0. The van der Waals surface area contributed by atoms with E-state index in [2.05, 4.69) is 23.6 Å². The Morgan fingerprint density at radius 3 is 2.37 bits per heavy atom. The third-order valence-electron chi connectivity index (χ3n) is 2.99. The van der Waals surface area contributed by atoms with Gasteiger partial charge in [0.2, 0.25) is 5.91 Å². The SMILES string of the molecule is CCCCCNCCC(=O)Nc1cc(C)cc(C)c1. The smallest absolute Gasteiger partial charge is 0.225 e. The predicted octanol–water partition coefficient (Wildman–Crippen LogP) is 3.41. The van der Waals surface area contributed by atoms with E-state index in [1.807, 2.05) is 26.0 Å². The van der Waals surface area contributed by atoms with Crippen molar-refractivity contribution >= 4 is 11.6 Å². The van der Waals surface area contributed by atoms with Gasteiger partial charge in [-0.1, -0.05) is 25.8 Å². The molecule has 0 saturated carbocycles. The first-order valence-corrected chi connectivity index (χ1v) is 7.20. The van der Waals surface area contributed by atoms with E-state index in [9.17, 15) is 4.79 Å². The number of carbonyl (C=O) groups excluding carboxylic acids is 1. The molecule has 0 heterocycles. The van der Waals surface area contributed by atoms with E-state index in [4.69, 9.17) is 0 Å². The average Bonchev–Trinajstić information content (AvgIpc) is 2.32. The van der Waals surface area contributed by atoms with E-state index in [-0.39, 0.29) is 5.91 Å². The fraction of sp³-hybridized carbons (Fsp3) is 0.562. The van der Waals surface area contributed by atoms with Gasteiger partial charge >= 0.3 is 0 Å². The van der Waals surface area contributed by atoms with Crippen LogP contribution in [0.3, 0.4) is 0 Å². The molecule has 0 radical (unpaired) electrons. The van der Waals surface area contributed by atoms with Crippen LogP contribution in [0.15, 0.2) is 18.2 Å². The third-order valence-corrected chi connectivity index (χ3v) is 2.99. The number of amides is 1. The van der Waals surface area contributed by atoms with Gasteiger partial charge in [-0.25, -0.2) is 0 Å². The summed E-state index contributed by atoms with van der Waals surface area (Å²) >= 11 is 0. The van der Waals surface area contributed by atoms with Crippen LogP contribution in [0, 0.1) is 13.8 Å². The van der Waals surface area contributed by atoms with Gasteiger partial charge in [0, 0.05) is 18.7 Å². The van der Waals surface area contributed by atoms with Gasteiger partial charge in [-0.2, -0.15) is 0 Å². The predicted molar refractivity (Wildman–Crippen MR) is 81.6 cm³/mol. The molecule has 19 heavy (non-hydrogen) atoms. The van der Waals surface area contributed by atoms with Gasteiger partial charge in [-0.3, -0.25) is 4.79 Å². The van der Waals surface area contributed by atoms with Gasteiger partial charge < -0.3 is 10.6 Å². The lowest BCUT2D eigenvalue weighted by atomic mass is 10.1. The van der Waals surface area contributed by atoms with Gasteiger partial charge in [0.1, 0.15) is 0 Å². The number of nitrogens with one attached hydrogen (secondary N) is 2. The summed E-state index contributed by atoms with van der Waals surface area (Å²) in [6.07, 6.45) is 4.20. The van der Waals surface area contributed by atoms with Gasteiger partial charge in [-0.05, 0) is 50.1 Å². The Morgan fingerprint density at radius 2 is 1.74 bits per heavy atom. The molecule has 106 valence electrons. The van der Waals surface area contributed by atoms with Crippen molar-refractivity contribution in [1.82, 2.24) is 5.32 Å². The molecule has 0 atom stereocenters. The third kappa shape index (κ3) is 6.97. The number of hydrogen-bond acceptors (Lipinski definition) is 2. The van der Waals surface area contributed by atoms with Gasteiger partial charge in [0.15, 0.2) is 0 Å². The number of unbranched alkanes of at least 4 members (excludes halogenated alkanes) is 2. The van der Waals surface area contributed by atoms with Crippen LogP contribution in [-0.2, 0) is 4.79 Å². The van der Waals surface area contributed by atoms with E-state index >= 15 is 0 Å². The fourth-order valence-corrected chi connectivity index (χ4v) is 2.10. The first kappa shape index (κ1) is 15.7. The zero-order valence-electron chi connectivity index (χ0n) is 12.4. The van der Waals surface area contributed by atoms with Gasteiger partial charge in [-0.15, -0.1) is 0 Å². The number of benzene rings is 1. The molecule has 0 spiro atoms. The second kappa shape index (κ2) is 8.70. The zero-order valence-corrected chi connectivity index (χ0v) is 12.4. The Hall–Kier alpha value is -1.35. The van der Waals surface area contributed by atoms with E-state index in [0.29, 0.717) is 6.42 Å². The van der Waals surface area contributed by atoms with Crippen LogP contribution in [0.5, 0.6) is 0 Å². The van der Waals surface area contributed by atoms with Crippen LogP contribution in [0.4, 0.5) is 5.69 Å². The zero-order chi connectivity index (χ0) is 14.1. The lowest BCUT2D eigenvalue weighted by molar-refractivity contribution is -0.116. The van der Waals surface area contributed by atoms with Crippen molar-refractivity contribution in [3.8, 4) is 0 Å². The largest absolute Gasteiger partial charge is 0.326 e. The number of hydrogen-bond donors (Lipinski definition) is 2. The molecule has 0 bridgehead atoms. The lowest BCUT2D eigenvalue weighted by Crippen LogP contribution is -2.22. The molecule has 1 amide bonds. The molecule has 0 fully saturated rings. The molecule has 1 aromatic rings. The van der Waals surface area contributed by atoms with Gasteiger partial charge in [0.05, 0.1) is 0 Å². The molecule has 0 saturated heterocycles. The molecule has 1 rings (SSSR count). The molecular formula is C16H26N2O. The fourth-order valence-electron chi connectivity index (χ4n) is 2.10. The van der Waals surface area contributed by atoms with Crippen LogP contribution in [-0.4, -0.2) is 19.0 Å². The van der Waals surface area contributed by atoms with Gasteiger partial charge in [0.25, 0.3) is 0 Å². The average molecular weight is 262 g/mol. The molecule has 1 aromatic carbocycles. The highest BCUT2D eigenvalue weighted by Gasteiger charge is 2.02. The van der Waals surface area contributed by atoms with E-state index < -0.39 is 0 Å². The number of rotatable bonds is 8. The summed E-state index contributed by atoms with van der Waals surface area (Å²) in [5, 5.41) is 6.25. The first-order chi connectivity index (χ1) is 9.11. The number of carbonyl (C=O) groups is 1. The van der Waals surface area contributed by atoms with Crippen molar-refractivity contribution < 1.29 is 4.79 Å². The summed E-state index contributed by atoms with van der Waals surface area (Å²) in [5.74, 6) is 0.0768. The molecule has 0 aliphatic carbocycles. The molecule has 3 heteroatoms. The van der Waals surface area contributed by atoms with Crippen LogP contribution >= 0.6 is 0 Å². The van der Waals surface area contributed by atoms with E-state index in [0.717, 1.165) is 18.8 Å². The second-order valence-corrected chi connectivity index (χ2v) is 5.13. The molecule has 3 nitrogen and oxygen atoms in total. The topological polar surface area (TPSA) is 41.1 Å². The quantitative estimate of drug-likeness (QED) is 0.705. The molecule has 0 aliphatic heterocycles. The number of anilines is 1. The Morgan fingerprint density at radius 1 is 1.05 bits per heavy atom. The molecular weight excluding hydrogens is 236 g/mol. The minimum absolute atomic E-state index is 0.0768. The normalized spacial score (nSPS) is 10.5. The minimum atomic E-state index is 0.0768. The first-order valence-electron chi connectivity index (χ1n) is 7.20. The maximum Gasteiger partial charge on any atom is 0.225 e. The van der Waals surface area contributed by atoms with Crippen molar-refractivity contribution in [2.24, 2.45) is 0 Å².